The topological polar surface area (TPSA) is 35.5 Å². The predicted octanol–water partition coefficient (Wildman–Crippen LogP) is 9.92. The van der Waals surface area contributed by atoms with Crippen LogP contribution in [0.3, 0.4) is 0 Å². The van der Waals surface area contributed by atoms with Crippen molar-refractivity contribution in [3.05, 3.63) is 11.6 Å². The quantitative estimate of drug-likeness (QED) is 0.176. The van der Waals surface area contributed by atoms with E-state index in [1.165, 1.54) is 56.9 Å². The molecule has 206 valence electrons. The third-order valence-electron chi connectivity index (χ3n) is 10.9. The third-order valence-corrected chi connectivity index (χ3v) is 11.2. The molecule has 6 heteroatoms. The van der Waals surface area contributed by atoms with Crippen molar-refractivity contribution >= 4 is 41.0 Å². The van der Waals surface area contributed by atoms with Crippen LogP contribution in [-0.2, 0) is 9.47 Å². The molecule has 0 bridgehead atoms. The van der Waals surface area contributed by atoms with Crippen molar-refractivity contribution in [2.75, 3.05) is 6.61 Å². The molecule has 36 heavy (non-hydrogen) atoms. The number of halogens is 3. The fourth-order valence-corrected chi connectivity index (χ4v) is 9.23. The Labute approximate surface area is 234 Å². The van der Waals surface area contributed by atoms with E-state index in [1.54, 1.807) is 0 Å². The molecule has 8 atom stereocenters. The Morgan fingerprint density at radius 2 is 1.81 bits per heavy atom. The van der Waals surface area contributed by atoms with Gasteiger partial charge in [-0.05, 0) is 91.3 Å². The molecule has 0 amide bonds. The summed E-state index contributed by atoms with van der Waals surface area (Å²) in [7, 11) is 0. The zero-order valence-electron chi connectivity index (χ0n) is 23.0. The Morgan fingerprint density at radius 3 is 2.50 bits per heavy atom. The van der Waals surface area contributed by atoms with Gasteiger partial charge in [0, 0.05) is 6.42 Å². The second-order valence-electron chi connectivity index (χ2n) is 13.4. The Morgan fingerprint density at radius 1 is 1.06 bits per heavy atom. The molecule has 3 nitrogen and oxygen atoms in total. The molecule has 4 rings (SSSR count). The molecule has 4 aliphatic rings. The number of carbonyl (C=O) groups is 1. The monoisotopic (exact) mass is 560 g/mol. The van der Waals surface area contributed by atoms with Crippen LogP contribution in [0, 0.1) is 46.3 Å². The van der Waals surface area contributed by atoms with E-state index in [4.69, 9.17) is 44.3 Å². The van der Waals surface area contributed by atoms with Crippen molar-refractivity contribution < 1.29 is 14.3 Å². The van der Waals surface area contributed by atoms with Gasteiger partial charge in [0.25, 0.3) is 0 Å². The van der Waals surface area contributed by atoms with Crippen molar-refractivity contribution in [3.8, 4) is 0 Å². The first-order chi connectivity index (χ1) is 16.8. The van der Waals surface area contributed by atoms with E-state index >= 15 is 0 Å². The van der Waals surface area contributed by atoms with Crippen LogP contribution in [0.15, 0.2) is 11.6 Å². The first-order valence-corrected chi connectivity index (χ1v) is 15.6. The third kappa shape index (κ3) is 6.04. The summed E-state index contributed by atoms with van der Waals surface area (Å²) in [6, 6.07) is 0. The van der Waals surface area contributed by atoms with Crippen molar-refractivity contribution in [3.63, 3.8) is 0 Å². The molecule has 0 unspecified atom stereocenters. The van der Waals surface area contributed by atoms with Crippen molar-refractivity contribution in [1.29, 1.82) is 0 Å². The summed E-state index contributed by atoms with van der Waals surface area (Å²) in [5, 5.41) is 0. The van der Waals surface area contributed by atoms with Gasteiger partial charge in [0.2, 0.25) is 3.79 Å². The zero-order valence-corrected chi connectivity index (χ0v) is 25.2. The fourth-order valence-electron chi connectivity index (χ4n) is 9.06. The molecule has 0 aromatic heterocycles. The summed E-state index contributed by atoms with van der Waals surface area (Å²) in [5.41, 5.74) is 2.23. The van der Waals surface area contributed by atoms with Gasteiger partial charge in [-0.25, -0.2) is 4.79 Å². The van der Waals surface area contributed by atoms with E-state index < -0.39 is 9.95 Å². The van der Waals surface area contributed by atoms with Crippen LogP contribution in [0.5, 0.6) is 0 Å². The van der Waals surface area contributed by atoms with Crippen LogP contribution >= 0.6 is 34.8 Å². The number of carbonyl (C=O) groups excluding carboxylic acids is 1. The van der Waals surface area contributed by atoms with Crippen LogP contribution in [-0.4, -0.2) is 22.7 Å². The molecule has 0 radical (unpaired) electrons. The maximum atomic E-state index is 12.1. The highest BCUT2D eigenvalue weighted by atomic mass is 35.6. The Balaban J connectivity index is 1.39. The van der Waals surface area contributed by atoms with Crippen molar-refractivity contribution in [1.82, 2.24) is 0 Å². The highest BCUT2D eigenvalue weighted by Crippen LogP contribution is 2.67. The molecule has 0 heterocycles. The smallest absolute Gasteiger partial charge is 0.431 e. The van der Waals surface area contributed by atoms with Crippen LogP contribution < -0.4 is 0 Å². The lowest BCUT2D eigenvalue weighted by Gasteiger charge is -2.58. The van der Waals surface area contributed by atoms with Crippen molar-refractivity contribution in [2.24, 2.45) is 46.3 Å². The Hall–Kier alpha value is -0.120. The standard InChI is InChI=1S/C30H47Cl3O3/c1-19(2)7-6-8-20(3)24-11-12-25-23-10-9-21-17-22(36-27(34)35-18-30(31,32)33)13-15-28(21,4)26(23)14-16-29(24,25)5/h9,19-20,22-26H,6-8,10-18H2,1-5H3/t20-,22+,23+,24-,25+,26+,28+,29-/m1/s1. The van der Waals surface area contributed by atoms with Gasteiger partial charge >= 0.3 is 6.16 Å². The first kappa shape index (κ1) is 28.9. The van der Waals surface area contributed by atoms with Gasteiger partial charge in [0.1, 0.15) is 12.7 Å². The molecule has 0 saturated heterocycles. The number of alkyl halides is 3. The summed E-state index contributed by atoms with van der Waals surface area (Å²) in [5.74, 6) is 4.95. The number of fused-ring (bicyclic) bond motifs is 5. The first-order valence-electron chi connectivity index (χ1n) is 14.4. The van der Waals surface area contributed by atoms with Crippen LogP contribution in [0.4, 0.5) is 4.79 Å². The zero-order chi connectivity index (χ0) is 26.3. The maximum Gasteiger partial charge on any atom is 0.508 e. The highest BCUT2D eigenvalue weighted by Gasteiger charge is 2.59. The average Bonchev–Trinajstić information content (AvgIpc) is 3.14. The SMILES string of the molecule is CC(C)CCC[C@@H](C)[C@H]1CC[C@H]2[C@@H]3CC=C4C[C@@H](OC(=O)OCC(Cl)(Cl)Cl)CC[C@]4(C)[C@H]3CC[C@]12C. The molecule has 0 N–H and O–H groups in total. The minimum atomic E-state index is -1.62. The molecule has 3 fully saturated rings. The molecule has 0 aliphatic heterocycles. The lowest BCUT2D eigenvalue weighted by atomic mass is 9.47. The van der Waals surface area contributed by atoms with Gasteiger partial charge in [-0.15, -0.1) is 0 Å². The number of hydrogen-bond acceptors (Lipinski definition) is 3. The van der Waals surface area contributed by atoms with Crippen molar-refractivity contribution in [2.45, 2.75) is 115 Å². The average molecular weight is 562 g/mol. The molecule has 0 aromatic rings. The Kier molecular flexibility index (Phi) is 8.96. The maximum absolute atomic E-state index is 12.1. The van der Waals surface area contributed by atoms with Gasteiger partial charge in [0.15, 0.2) is 0 Å². The van der Waals surface area contributed by atoms with E-state index in [0.717, 1.165) is 54.8 Å². The van der Waals surface area contributed by atoms with Crippen LogP contribution in [0.25, 0.3) is 0 Å². The summed E-state index contributed by atoms with van der Waals surface area (Å²) >= 11 is 17.1. The second-order valence-corrected chi connectivity index (χ2v) is 15.9. The molecule has 3 saturated carbocycles. The van der Waals surface area contributed by atoms with E-state index in [1.807, 2.05) is 0 Å². The lowest BCUT2D eigenvalue weighted by molar-refractivity contribution is -0.0616. The summed E-state index contributed by atoms with van der Waals surface area (Å²) in [6.07, 6.45) is 15.3. The summed E-state index contributed by atoms with van der Waals surface area (Å²) < 4.78 is 9.00. The lowest BCUT2D eigenvalue weighted by Crippen LogP contribution is -2.51. The second kappa shape index (κ2) is 11.2. The number of ether oxygens (including phenoxy) is 2. The van der Waals surface area contributed by atoms with E-state index in [0.29, 0.717) is 5.41 Å². The Bertz CT molecular complexity index is 821. The molecule has 0 spiro atoms. The summed E-state index contributed by atoms with van der Waals surface area (Å²) in [4.78, 5) is 12.1. The van der Waals surface area contributed by atoms with Gasteiger partial charge in [0.05, 0.1) is 0 Å². The molecule has 0 aromatic carbocycles. The van der Waals surface area contributed by atoms with Gasteiger partial charge in [-0.2, -0.15) is 0 Å². The highest BCUT2D eigenvalue weighted by molar-refractivity contribution is 6.67. The van der Waals surface area contributed by atoms with Gasteiger partial charge in [-0.3, -0.25) is 0 Å². The van der Waals surface area contributed by atoms with Gasteiger partial charge in [-0.1, -0.05) is 100 Å². The fraction of sp³-hybridized carbons (Fsp3) is 0.900. The minimum absolute atomic E-state index is 0.153. The van der Waals surface area contributed by atoms with Crippen LogP contribution in [0.1, 0.15) is 105 Å². The largest absolute Gasteiger partial charge is 0.508 e. The van der Waals surface area contributed by atoms with E-state index in [2.05, 4.69) is 40.7 Å². The molecule has 4 aliphatic carbocycles. The van der Waals surface area contributed by atoms with E-state index in [-0.39, 0.29) is 18.1 Å². The number of rotatable bonds is 7. The minimum Gasteiger partial charge on any atom is -0.431 e. The van der Waals surface area contributed by atoms with Gasteiger partial charge < -0.3 is 9.47 Å². The molecular weight excluding hydrogens is 515 g/mol. The van der Waals surface area contributed by atoms with Crippen LogP contribution in [0.2, 0.25) is 0 Å². The normalized spacial score (nSPS) is 39.0. The predicted molar refractivity (Wildman–Crippen MR) is 150 cm³/mol. The summed E-state index contributed by atoms with van der Waals surface area (Å²) in [6.45, 7) is 12.1. The molecular formula is C30H47Cl3O3. The number of allylic oxidation sites excluding steroid dienone is 1. The number of hydrogen-bond donors (Lipinski definition) is 0. The van der Waals surface area contributed by atoms with E-state index in [9.17, 15) is 4.79 Å².